The van der Waals surface area contributed by atoms with Crippen LogP contribution in [0.15, 0.2) is 23.8 Å². The van der Waals surface area contributed by atoms with E-state index in [1.807, 2.05) is 13.8 Å². The molecule has 1 rings (SSSR count). The summed E-state index contributed by atoms with van der Waals surface area (Å²) in [7, 11) is 0. The number of carboxylic acid groups (broad SMARTS) is 1. The molecule has 0 bridgehead atoms. The van der Waals surface area contributed by atoms with Gasteiger partial charge in [0.1, 0.15) is 11.6 Å². The summed E-state index contributed by atoms with van der Waals surface area (Å²) in [5.41, 5.74) is 0.337. The van der Waals surface area contributed by atoms with Crippen LogP contribution in [0.25, 0.3) is 6.08 Å². The lowest BCUT2D eigenvalue weighted by Crippen LogP contribution is -1.99. The van der Waals surface area contributed by atoms with Gasteiger partial charge < -0.3 is 5.11 Å². The van der Waals surface area contributed by atoms with Crippen LogP contribution in [0, 0.1) is 21.4 Å². The zero-order chi connectivity index (χ0) is 14.6. The van der Waals surface area contributed by atoms with Gasteiger partial charge in [0, 0.05) is 11.6 Å². The van der Waals surface area contributed by atoms with Gasteiger partial charge in [0.2, 0.25) is 0 Å². The lowest BCUT2D eigenvalue weighted by molar-refractivity contribution is -0.385. The molecule has 0 saturated heterocycles. The molecule has 19 heavy (non-hydrogen) atoms. The van der Waals surface area contributed by atoms with Crippen LogP contribution in [0.3, 0.4) is 0 Å². The number of nitriles is 1. The van der Waals surface area contributed by atoms with Crippen LogP contribution in [-0.2, 0) is 4.79 Å². The minimum absolute atomic E-state index is 0.0201. The van der Waals surface area contributed by atoms with Crippen molar-refractivity contribution < 1.29 is 14.8 Å². The Kier molecular flexibility index (Phi) is 4.37. The number of aliphatic carboxylic acids is 1. The van der Waals surface area contributed by atoms with Crippen molar-refractivity contribution in [1.82, 2.24) is 0 Å². The average Bonchev–Trinajstić information content (AvgIpc) is 2.34. The maximum atomic E-state index is 11.0. The third-order valence-corrected chi connectivity index (χ3v) is 2.54. The average molecular weight is 260 g/mol. The minimum atomic E-state index is -1.36. The molecular weight excluding hydrogens is 248 g/mol. The predicted octanol–water partition coefficient (Wildman–Crippen LogP) is 2.71. The van der Waals surface area contributed by atoms with E-state index in [1.165, 1.54) is 12.1 Å². The highest BCUT2D eigenvalue weighted by atomic mass is 16.6. The van der Waals surface area contributed by atoms with Gasteiger partial charge in [-0.3, -0.25) is 10.1 Å². The third-order valence-electron chi connectivity index (χ3n) is 2.54. The molecule has 1 aromatic rings. The van der Waals surface area contributed by atoms with Crippen molar-refractivity contribution in [2.45, 2.75) is 19.8 Å². The molecule has 0 aliphatic carbocycles. The quantitative estimate of drug-likeness (QED) is 0.388. The normalized spacial score (nSPS) is 11.2. The predicted molar refractivity (Wildman–Crippen MR) is 68.4 cm³/mol. The molecule has 0 saturated carbocycles. The molecule has 1 aromatic carbocycles. The second kappa shape index (κ2) is 5.78. The van der Waals surface area contributed by atoms with Crippen molar-refractivity contribution in [2.24, 2.45) is 0 Å². The highest BCUT2D eigenvalue weighted by Gasteiger charge is 2.17. The zero-order valence-electron chi connectivity index (χ0n) is 10.5. The fourth-order valence-corrected chi connectivity index (χ4v) is 1.61. The second-order valence-corrected chi connectivity index (χ2v) is 4.21. The molecule has 0 radical (unpaired) electrons. The maximum Gasteiger partial charge on any atom is 0.346 e. The van der Waals surface area contributed by atoms with Gasteiger partial charge in [-0.2, -0.15) is 5.26 Å². The Hall–Kier alpha value is -2.68. The van der Waals surface area contributed by atoms with Crippen molar-refractivity contribution in [2.75, 3.05) is 0 Å². The standard InChI is InChI=1S/C13H12N2O4/c1-8(2)11-4-3-9(6-12(11)15(18)19)5-10(7-14)13(16)17/h3-6,8H,1-2H3,(H,16,17)/b10-5+. The summed E-state index contributed by atoms with van der Waals surface area (Å²) < 4.78 is 0. The van der Waals surface area contributed by atoms with Gasteiger partial charge in [-0.05, 0) is 17.6 Å². The van der Waals surface area contributed by atoms with Crippen LogP contribution >= 0.6 is 0 Å². The Morgan fingerprint density at radius 2 is 2.16 bits per heavy atom. The van der Waals surface area contributed by atoms with Gasteiger partial charge in [0.15, 0.2) is 0 Å². The molecule has 1 N–H and O–H groups in total. The molecular formula is C13H12N2O4. The van der Waals surface area contributed by atoms with E-state index in [1.54, 1.807) is 12.1 Å². The Bertz CT molecular complexity index is 597. The number of benzene rings is 1. The first-order valence-corrected chi connectivity index (χ1v) is 5.50. The Morgan fingerprint density at radius 3 is 2.58 bits per heavy atom. The monoisotopic (exact) mass is 260 g/mol. The second-order valence-electron chi connectivity index (χ2n) is 4.21. The van der Waals surface area contributed by atoms with E-state index < -0.39 is 16.5 Å². The number of hydrogen-bond donors (Lipinski definition) is 1. The first-order valence-electron chi connectivity index (χ1n) is 5.50. The molecule has 0 atom stereocenters. The molecule has 0 amide bonds. The van der Waals surface area contributed by atoms with E-state index in [4.69, 9.17) is 10.4 Å². The van der Waals surface area contributed by atoms with Gasteiger partial charge in [-0.15, -0.1) is 0 Å². The molecule has 0 unspecified atom stereocenters. The molecule has 6 nitrogen and oxygen atoms in total. The van der Waals surface area contributed by atoms with Crippen molar-refractivity contribution in [3.8, 4) is 6.07 Å². The number of nitro groups is 1. The Morgan fingerprint density at radius 1 is 1.53 bits per heavy atom. The minimum Gasteiger partial charge on any atom is -0.477 e. The van der Waals surface area contributed by atoms with Crippen LogP contribution in [0.4, 0.5) is 5.69 Å². The highest BCUT2D eigenvalue weighted by Crippen LogP contribution is 2.28. The van der Waals surface area contributed by atoms with Crippen molar-refractivity contribution in [3.05, 3.63) is 45.0 Å². The number of carboxylic acids is 1. The van der Waals surface area contributed by atoms with E-state index in [9.17, 15) is 14.9 Å². The number of nitro benzene ring substituents is 1. The Labute approximate surface area is 109 Å². The zero-order valence-corrected chi connectivity index (χ0v) is 10.5. The van der Waals surface area contributed by atoms with E-state index in [0.29, 0.717) is 11.1 Å². The summed E-state index contributed by atoms with van der Waals surface area (Å²) in [6.45, 7) is 3.66. The van der Waals surface area contributed by atoms with Crippen LogP contribution < -0.4 is 0 Å². The maximum absolute atomic E-state index is 11.0. The van der Waals surface area contributed by atoms with Crippen molar-refractivity contribution in [3.63, 3.8) is 0 Å². The Balaban J connectivity index is 3.35. The molecule has 0 aliphatic rings. The van der Waals surface area contributed by atoms with Gasteiger partial charge >= 0.3 is 5.97 Å². The number of nitrogens with zero attached hydrogens (tertiary/aromatic N) is 2. The van der Waals surface area contributed by atoms with Crippen molar-refractivity contribution in [1.29, 1.82) is 5.26 Å². The van der Waals surface area contributed by atoms with Crippen LogP contribution in [0.1, 0.15) is 30.9 Å². The number of rotatable bonds is 4. The molecule has 0 heterocycles. The molecule has 6 heteroatoms. The first-order chi connectivity index (χ1) is 8.86. The summed E-state index contributed by atoms with van der Waals surface area (Å²) in [6, 6.07) is 5.93. The van der Waals surface area contributed by atoms with Crippen LogP contribution in [0.5, 0.6) is 0 Å². The summed E-state index contributed by atoms with van der Waals surface area (Å²) in [5, 5.41) is 28.3. The third kappa shape index (κ3) is 3.39. The van der Waals surface area contributed by atoms with Gasteiger partial charge in [0.25, 0.3) is 5.69 Å². The van der Waals surface area contributed by atoms with E-state index >= 15 is 0 Å². The van der Waals surface area contributed by atoms with E-state index in [0.717, 1.165) is 6.08 Å². The summed E-state index contributed by atoms with van der Waals surface area (Å²) in [4.78, 5) is 21.2. The fourth-order valence-electron chi connectivity index (χ4n) is 1.61. The lowest BCUT2D eigenvalue weighted by Gasteiger charge is -2.07. The van der Waals surface area contributed by atoms with E-state index in [-0.39, 0.29) is 11.6 Å². The van der Waals surface area contributed by atoms with Gasteiger partial charge in [-0.1, -0.05) is 26.0 Å². The van der Waals surface area contributed by atoms with Crippen molar-refractivity contribution >= 4 is 17.7 Å². The summed E-state index contributed by atoms with van der Waals surface area (Å²) in [6.07, 6.45) is 1.11. The molecule has 0 fully saturated rings. The smallest absolute Gasteiger partial charge is 0.346 e. The number of hydrogen-bond acceptors (Lipinski definition) is 4. The molecule has 98 valence electrons. The highest BCUT2D eigenvalue weighted by molar-refractivity contribution is 5.96. The molecule has 0 aliphatic heterocycles. The molecule has 0 spiro atoms. The summed E-state index contributed by atoms with van der Waals surface area (Å²) in [5.74, 6) is -1.38. The largest absolute Gasteiger partial charge is 0.477 e. The van der Waals surface area contributed by atoms with E-state index in [2.05, 4.69) is 0 Å². The van der Waals surface area contributed by atoms with Gasteiger partial charge in [-0.25, -0.2) is 4.79 Å². The topological polar surface area (TPSA) is 104 Å². The van der Waals surface area contributed by atoms with Crippen LogP contribution in [-0.4, -0.2) is 16.0 Å². The van der Waals surface area contributed by atoms with Crippen LogP contribution in [0.2, 0.25) is 0 Å². The number of carbonyl (C=O) groups is 1. The SMILES string of the molecule is CC(C)c1ccc(/C=C(\C#N)C(=O)O)cc1[N+](=O)[O-]. The fraction of sp³-hybridized carbons (Fsp3) is 0.231. The first kappa shape index (κ1) is 14.4. The molecule has 0 aromatic heterocycles. The van der Waals surface area contributed by atoms with Gasteiger partial charge in [0.05, 0.1) is 4.92 Å². The summed E-state index contributed by atoms with van der Waals surface area (Å²) >= 11 is 0. The lowest BCUT2D eigenvalue weighted by atomic mass is 9.98.